The largest absolute Gasteiger partial charge is 0.493 e. The number of halogens is 1. The number of aromatic nitrogens is 2. The molecule has 0 unspecified atom stereocenters. The van der Waals surface area contributed by atoms with Crippen molar-refractivity contribution in [2.45, 2.75) is 27.3 Å². The van der Waals surface area contributed by atoms with Crippen LogP contribution >= 0.6 is 24.0 Å². The Bertz CT molecular complexity index is 761. The summed E-state index contributed by atoms with van der Waals surface area (Å²) in [5, 5.41) is 3.42. The van der Waals surface area contributed by atoms with Crippen LogP contribution in [0, 0.1) is 5.92 Å². The number of benzene rings is 1. The highest BCUT2D eigenvalue weighted by molar-refractivity contribution is 14.0. The summed E-state index contributed by atoms with van der Waals surface area (Å²) >= 11 is 0. The lowest BCUT2D eigenvalue weighted by Crippen LogP contribution is -2.52. The molecule has 1 aliphatic rings. The predicted octanol–water partition coefficient (Wildman–Crippen LogP) is 3.42. The monoisotopic (exact) mass is 524 g/mol. The predicted molar refractivity (Wildman–Crippen MR) is 133 cm³/mol. The zero-order valence-electron chi connectivity index (χ0n) is 18.1. The molecule has 0 aliphatic carbocycles. The van der Waals surface area contributed by atoms with Gasteiger partial charge in [0.1, 0.15) is 5.75 Å². The molecule has 0 atom stereocenters. The van der Waals surface area contributed by atoms with E-state index in [1.165, 1.54) is 5.56 Å². The lowest BCUT2D eigenvalue weighted by atomic mass is 10.2. The molecule has 1 fully saturated rings. The van der Waals surface area contributed by atoms with E-state index in [2.05, 4.69) is 58.0 Å². The molecule has 3 rings (SSSR count). The van der Waals surface area contributed by atoms with Gasteiger partial charge in [-0.25, -0.2) is 15.0 Å². The molecule has 1 saturated heterocycles. The third kappa shape index (κ3) is 7.30. The summed E-state index contributed by atoms with van der Waals surface area (Å²) in [6.07, 6.45) is 3.58. The van der Waals surface area contributed by atoms with Crippen molar-refractivity contribution in [2.24, 2.45) is 10.9 Å². The normalized spacial score (nSPS) is 14.5. The van der Waals surface area contributed by atoms with Crippen molar-refractivity contribution in [1.29, 1.82) is 0 Å². The van der Waals surface area contributed by atoms with Gasteiger partial charge in [0.2, 0.25) is 5.95 Å². The Morgan fingerprint density at radius 3 is 2.37 bits per heavy atom. The molecule has 0 amide bonds. The maximum atomic E-state index is 5.76. The number of aliphatic imine (C=N–C) groups is 1. The molecular weight excluding hydrogens is 491 g/mol. The molecule has 1 aromatic carbocycles. The van der Waals surface area contributed by atoms with Gasteiger partial charge in [-0.05, 0) is 36.6 Å². The van der Waals surface area contributed by atoms with Crippen molar-refractivity contribution in [3.8, 4) is 5.75 Å². The molecule has 2 aromatic rings. The molecule has 2 heterocycles. The summed E-state index contributed by atoms with van der Waals surface area (Å²) in [6.45, 7) is 12.2. The molecule has 1 aliphatic heterocycles. The SMILES string of the molecule is CCNC(=NCc1ccc(OCC(C)C)cc1)N1CCN(c2ncccn2)CC1.I. The molecule has 0 saturated carbocycles. The van der Waals surface area contributed by atoms with Crippen molar-refractivity contribution in [2.75, 3.05) is 44.2 Å². The first-order chi connectivity index (χ1) is 14.2. The number of piperazine rings is 1. The number of nitrogens with zero attached hydrogens (tertiary/aromatic N) is 5. The van der Waals surface area contributed by atoms with E-state index < -0.39 is 0 Å². The Morgan fingerprint density at radius 2 is 1.77 bits per heavy atom. The van der Waals surface area contributed by atoms with E-state index in [4.69, 9.17) is 9.73 Å². The molecule has 1 aromatic heterocycles. The summed E-state index contributed by atoms with van der Waals surface area (Å²) in [5.41, 5.74) is 1.17. The molecule has 7 nitrogen and oxygen atoms in total. The summed E-state index contributed by atoms with van der Waals surface area (Å²) in [5.74, 6) is 3.20. The Hall–Kier alpha value is -2.10. The number of guanidine groups is 1. The standard InChI is InChI=1S/C22H32N6O.HI/c1-4-23-21(26-16-19-6-8-20(9-7-19)29-17-18(2)3)27-12-14-28(15-13-27)22-24-10-5-11-25-22;/h5-11,18H,4,12-17H2,1-3H3,(H,23,26);1H. The second kappa shape index (κ2) is 12.6. The van der Waals surface area contributed by atoms with Gasteiger partial charge in [0.15, 0.2) is 5.96 Å². The van der Waals surface area contributed by atoms with Crippen LogP contribution in [0.5, 0.6) is 5.75 Å². The highest BCUT2D eigenvalue weighted by Gasteiger charge is 2.21. The Labute approximate surface area is 197 Å². The number of nitrogens with one attached hydrogen (secondary N) is 1. The summed E-state index contributed by atoms with van der Waals surface area (Å²) < 4.78 is 5.76. The van der Waals surface area contributed by atoms with Gasteiger partial charge in [-0.2, -0.15) is 0 Å². The van der Waals surface area contributed by atoms with Crippen LogP contribution < -0.4 is 15.0 Å². The van der Waals surface area contributed by atoms with Crippen LogP contribution in [0.1, 0.15) is 26.3 Å². The van der Waals surface area contributed by atoms with Crippen molar-refractivity contribution in [1.82, 2.24) is 20.2 Å². The van der Waals surface area contributed by atoms with Gasteiger partial charge < -0.3 is 19.9 Å². The quantitative estimate of drug-likeness (QED) is 0.340. The first-order valence-corrected chi connectivity index (χ1v) is 10.4. The average Bonchev–Trinajstić information content (AvgIpc) is 2.76. The smallest absolute Gasteiger partial charge is 0.225 e. The second-order valence-electron chi connectivity index (χ2n) is 7.54. The van der Waals surface area contributed by atoms with E-state index in [-0.39, 0.29) is 24.0 Å². The van der Waals surface area contributed by atoms with Gasteiger partial charge in [-0.15, -0.1) is 24.0 Å². The first-order valence-electron chi connectivity index (χ1n) is 10.4. The Morgan fingerprint density at radius 1 is 1.10 bits per heavy atom. The van der Waals surface area contributed by atoms with Crippen LogP contribution in [0.3, 0.4) is 0 Å². The number of hydrogen-bond acceptors (Lipinski definition) is 5. The highest BCUT2D eigenvalue weighted by atomic mass is 127. The van der Waals surface area contributed by atoms with Crippen LogP contribution in [-0.4, -0.2) is 60.2 Å². The maximum absolute atomic E-state index is 5.76. The van der Waals surface area contributed by atoms with Gasteiger partial charge in [0, 0.05) is 45.1 Å². The minimum Gasteiger partial charge on any atom is -0.493 e. The van der Waals surface area contributed by atoms with E-state index in [0.717, 1.165) is 57.0 Å². The molecule has 0 bridgehead atoms. The summed E-state index contributed by atoms with van der Waals surface area (Å²) in [7, 11) is 0. The molecule has 0 spiro atoms. The fourth-order valence-corrected chi connectivity index (χ4v) is 3.12. The molecule has 30 heavy (non-hydrogen) atoms. The van der Waals surface area contributed by atoms with Gasteiger partial charge in [0.05, 0.1) is 13.2 Å². The molecule has 1 N–H and O–H groups in total. The zero-order chi connectivity index (χ0) is 20.5. The van der Waals surface area contributed by atoms with E-state index in [0.29, 0.717) is 12.5 Å². The summed E-state index contributed by atoms with van der Waals surface area (Å²) in [4.78, 5) is 18.1. The molecule has 0 radical (unpaired) electrons. The van der Waals surface area contributed by atoms with E-state index in [1.807, 2.05) is 18.2 Å². The van der Waals surface area contributed by atoms with Gasteiger partial charge in [-0.1, -0.05) is 26.0 Å². The zero-order valence-corrected chi connectivity index (χ0v) is 20.5. The number of anilines is 1. The minimum atomic E-state index is 0. The van der Waals surface area contributed by atoms with Crippen LogP contribution in [-0.2, 0) is 6.54 Å². The number of rotatable bonds is 7. The Kier molecular flexibility index (Phi) is 10.1. The molecule has 164 valence electrons. The van der Waals surface area contributed by atoms with Gasteiger partial charge in [-0.3, -0.25) is 0 Å². The molecule has 8 heteroatoms. The highest BCUT2D eigenvalue weighted by Crippen LogP contribution is 2.14. The third-order valence-electron chi connectivity index (χ3n) is 4.67. The van der Waals surface area contributed by atoms with Crippen LogP contribution in [0.25, 0.3) is 0 Å². The van der Waals surface area contributed by atoms with E-state index >= 15 is 0 Å². The van der Waals surface area contributed by atoms with Crippen LogP contribution in [0.2, 0.25) is 0 Å². The topological polar surface area (TPSA) is 65.9 Å². The first kappa shape index (κ1) is 24.2. The van der Waals surface area contributed by atoms with E-state index in [1.54, 1.807) is 12.4 Å². The fraction of sp³-hybridized carbons (Fsp3) is 0.500. The third-order valence-corrected chi connectivity index (χ3v) is 4.67. The van der Waals surface area contributed by atoms with E-state index in [9.17, 15) is 0 Å². The van der Waals surface area contributed by atoms with Crippen molar-refractivity contribution in [3.05, 3.63) is 48.3 Å². The van der Waals surface area contributed by atoms with Crippen molar-refractivity contribution < 1.29 is 4.74 Å². The van der Waals surface area contributed by atoms with Crippen molar-refractivity contribution in [3.63, 3.8) is 0 Å². The number of hydrogen-bond donors (Lipinski definition) is 1. The van der Waals surface area contributed by atoms with Crippen molar-refractivity contribution >= 4 is 35.9 Å². The average molecular weight is 524 g/mol. The minimum absolute atomic E-state index is 0. The lowest BCUT2D eigenvalue weighted by Gasteiger charge is -2.36. The molecular formula is C22H33IN6O. The second-order valence-corrected chi connectivity index (χ2v) is 7.54. The Balaban J connectivity index is 0.00000320. The van der Waals surface area contributed by atoms with Crippen LogP contribution in [0.4, 0.5) is 5.95 Å². The maximum Gasteiger partial charge on any atom is 0.225 e. The lowest BCUT2D eigenvalue weighted by molar-refractivity contribution is 0.271. The van der Waals surface area contributed by atoms with Gasteiger partial charge >= 0.3 is 0 Å². The van der Waals surface area contributed by atoms with Crippen LogP contribution in [0.15, 0.2) is 47.7 Å². The number of ether oxygens (including phenoxy) is 1. The van der Waals surface area contributed by atoms with Gasteiger partial charge in [0.25, 0.3) is 0 Å². The fourth-order valence-electron chi connectivity index (χ4n) is 3.12. The summed E-state index contributed by atoms with van der Waals surface area (Å²) in [6, 6.07) is 10.1.